The number of benzene rings is 2. The molecule has 3 aromatic rings. The Bertz CT molecular complexity index is 1140. The molecule has 0 aliphatic carbocycles. The third kappa shape index (κ3) is 4.32. The summed E-state index contributed by atoms with van der Waals surface area (Å²) < 4.78 is 33.1. The van der Waals surface area contributed by atoms with Crippen molar-refractivity contribution in [3.63, 3.8) is 0 Å². The quantitative estimate of drug-likeness (QED) is 0.625. The lowest BCUT2D eigenvalue weighted by Gasteiger charge is -2.10. The van der Waals surface area contributed by atoms with Crippen LogP contribution in [0.3, 0.4) is 0 Å². The zero-order valence-electron chi connectivity index (χ0n) is 15.0. The molecule has 0 bridgehead atoms. The molecule has 0 fully saturated rings. The van der Waals surface area contributed by atoms with E-state index in [2.05, 4.69) is 0 Å². The van der Waals surface area contributed by atoms with Crippen molar-refractivity contribution >= 4 is 32.8 Å². The molecule has 8 nitrogen and oxygen atoms in total. The molecule has 146 valence electrons. The maximum absolute atomic E-state index is 12.6. The van der Waals surface area contributed by atoms with E-state index in [0.29, 0.717) is 22.2 Å². The van der Waals surface area contributed by atoms with Crippen LogP contribution in [0.15, 0.2) is 54.6 Å². The number of hydrogen-bond acceptors (Lipinski definition) is 5. The highest BCUT2D eigenvalue weighted by molar-refractivity contribution is 7.89. The Labute approximate surface area is 161 Å². The Morgan fingerprint density at radius 3 is 2.46 bits per heavy atom. The van der Waals surface area contributed by atoms with Crippen molar-refractivity contribution < 1.29 is 27.9 Å². The minimum Gasteiger partial charge on any atom is -0.497 e. The van der Waals surface area contributed by atoms with Gasteiger partial charge in [0.05, 0.1) is 12.9 Å². The fourth-order valence-corrected chi connectivity index (χ4v) is 3.98. The minimum atomic E-state index is -3.96. The lowest BCUT2D eigenvalue weighted by Crippen LogP contribution is -2.33. The van der Waals surface area contributed by atoms with Crippen molar-refractivity contribution in [2.45, 2.75) is 12.3 Å². The number of carboxylic acids is 1. The molecule has 1 amide bonds. The van der Waals surface area contributed by atoms with Gasteiger partial charge in [-0.25, -0.2) is 13.1 Å². The summed E-state index contributed by atoms with van der Waals surface area (Å²) in [6.45, 7) is -0.489. The average Bonchev–Trinajstić information content (AvgIpc) is 2.99. The van der Waals surface area contributed by atoms with Crippen LogP contribution in [0.2, 0.25) is 0 Å². The van der Waals surface area contributed by atoms with Crippen LogP contribution in [0.1, 0.15) is 16.1 Å². The van der Waals surface area contributed by atoms with Crippen molar-refractivity contribution in [3.8, 4) is 5.75 Å². The molecule has 0 aliphatic rings. The van der Waals surface area contributed by atoms with Gasteiger partial charge in [0.25, 0.3) is 5.91 Å². The largest absolute Gasteiger partial charge is 0.497 e. The standard InChI is InChI=1S/C19H18N2O6S/c1-27-15-7-8-16-14(9-15)10-17(21(16)11-18(22)23)19(24)20-28(25,26)12-13-5-3-2-4-6-13/h2-10H,11-12H2,1H3,(H,20,24)(H,22,23). The highest BCUT2D eigenvalue weighted by atomic mass is 32.2. The van der Waals surface area contributed by atoms with E-state index in [9.17, 15) is 23.1 Å². The van der Waals surface area contributed by atoms with E-state index in [4.69, 9.17) is 4.74 Å². The number of carbonyl (C=O) groups excluding carboxylic acids is 1. The topological polar surface area (TPSA) is 115 Å². The van der Waals surface area contributed by atoms with Gasteiger partial charge in [-0.2, -0.15) is 0 Å². The van der Waals surface area contributed by atoms with Gasteiger partial charge in [0, 0.05) is 10.9 Å². The summed E-state index contributed by atoms with van der Waals surface area (Å²) >= 11 is 0. The average molecular weight is 402 g/mol. The highest BCUT2D eigenvalue weighted by Gasteiger charge is 2.22. The Kier molecular flexibility index (Phi) is 5.36. The van der Waals surface area contributed by atoms with Gasteiger partial charge in [-0.3, -0.25) is 9.59 Å². The molecule has 2 N–H and O–H groups in total. The van der Waals surface area contributed by atoms with Crippen LogP contribution < -0.4 is 9.46 Å². The van der Waals surface area contributed by atoms with Crippen LogP contribution in [-0.2, 0) is 27.1 Å². The van der Waals surface area contributed by atoms with Crippen LogP contribution in [0, 0.1) is 0 Å². The lowest BCUT2D eigenvalue weighted by molar-refractivity contribution is -0.137. The summed E-state index contributed by atoms with van der Waals surface area (Å²) in [6.07, 6.45) is 0. The molecule has 0 unspecified atom stereocenters. The smallest absolute Gasteiger partial charge is 0.323 e. The molecule has 0 radical (unpaired) electrons. The summed E-state index contributed by atoms with van der Waals surface area (Å²) in [5, 5.41) is 9.74. The number of nitrogens with one attached hydrogen (secondary N) is 1. The van der Waals surface area contributed by atoms with Gasteiger partial charge in [-0.15, -0.1) is 0 Å². The molecule has 9 heteroatoms. The molecule has 28 heavy (non-hydrogen) atoms. The maximum atomic E-state index is 12.6. The van der Waals surface area contributed by atoms with E-state index in [1.165, 1.54) is 17.7 Å². The predicted molar refractivity (Wildman–Crippen MR) is 103 cm³/mol. The number of fused-ring (bicyclic) bond motifs is 1. The Balaban J connectivity index is 1.94. The van der Waals surface area contributed by atoms with E-state index in [1.54, 1.807) is 48.5 Å². The van der Waals surface area contributed by atoms with Gasteiger partial charge in [0.15, 0.2) is 0 Å². The SMILES string of the molecule is COc1ccc2c(c1)cc(C(=O)NS(=O)(=O)Cc1ccccc1)n2CC(=O)O. The van der Waals surface area contributed by atoms with Crippen molar-refractivity contribution in [2.75, 3.05) is 7.11 Å². The van der Waals surface area contributed by atoms with Gasteiger partial charge in [-0.1, -0.05) is 30.3 Å². The summed E-state index contributed by atoms with van der Waals surface area (Å²) in [5.74, 6) is -1.89. The number of sulfonamides is 1. The van der Waals surface area contributed by atoms with Crippen molar-refractivity contribution in [1.82, 2.24) is 9.29 Å². The number of methoxy groups -OCH3 is 1. The number of amides is 1. The number of carbonyl (C=O) groups is 2. The van der Waals surface area contributed by atoms with Gasteiger partial charge < -0.3 is 14.4 Å². The first-order chi connectivity index (χ1) is 13.3. The van der Waals surface area contributed by atoms with Gasteiger partial charge in [0.1, 0.15) is 18.0 Å². The van der Waals surface area contributed by atoms with Crippen LogP contribution in [0.5, 0.6) is 5.75 Å². The first-order valence-electron chi connectivity index (χ1n) is 8.27. The molecule has 0 spiro atoms. The molecular weight excluding hydrogens is 384 g/mol. The number of rotatable bonds is 7. The number of nitrogens with zero attached hydrogens (tertiary/aromatic N) is 1. The lowest BCUT2D eigenvalue weighted by atomic mass is 10.2. The van der Waals surface area contributed by atoms with Gasteiger partial charge in [0.2, 0.25) is 10.0 Å². The normalized spacial score (nSPS) is 11.3. The summed E-state index contributed by atoms with van der Waals surface area (Å²) in [6, 6.07) is 14.8. The fourth-order valence-electron chi connectivity index (χ4n) is 2.89. The minimum absolute atomic E-state index is 0.0673. The predicted octanol–water partition coefficient (Wildman–Crippen LogP) is 1.99. The second kappa shape index (κ2) is 7.73. The van der Waals surface area contributed by atoms with E-state index >= 15 is 0 Å². The Morgan fingerprint density at radius 1 is 1.11 bits per heavy atom. The summed E-state index contributed by atoms with van der Waals surface area (Å²) in [7, 11) is -2.48. The van der Waals surface area contributed by atoms with Crippen molar-refractivity contribution in [3.05, 3.63) is 65.9 Å². The highest BCUT2D eigenvalue weighted by Crippen LogP contribution is 2.25. The molecule has 1 heterocycles. The molecule has 0 saturated carbocycles. The summed E-state index contributed by atoms with van der Waals surface area (Å²) in [5.41, 5.74) is 0.940. The van der Waals surface area contributed by atoms with Gasteiger partial charge in [-0.05, 0) is 29.8 Å². The monoisotopic (exact) mass is 402 g/mol. The number of aromatic nitrogens is 1. The first kappa shape index (κ1) is 19.4. The fraction of sp³-hybridized carbons (Fsp3) is 0.158. The van der Waals surface area contributed by atoms with Crippen LogP contribution >= 0.6 is 0 Å². The van der Waals surface area contributed by atoms with Crippen LogP contribution in [0.4, 0.5) is 0 Å². The zero-order valence-corrected chi connectivity index (χ0v) is 15.8. The Morgan fingerprint density at radius 2 is 1.82 bits per heavy atom. The van der Waals surface area contributed by atoms with E-state index in [0.717, 1.165) is 0 Å². The molecule has 0 atom stereocenters. The van der Waals surface area contributed by atoms with Crippen molar-refractivity contribution in [1.29, 1.82) is 0 Å². The third-order valence-corrected chi connectivity index (χ3v) is 5.29. The number of aliphatic carboxylic acids is 1. The molecule has 0 aliphatic heterocycles. The second-order valence-corrected chi connectivity index (χ2v) is 7.83. The molecule has 3 rings (SSSR count). The molecule has 2 aromatic carbocycles. The van der Waals surface area contributed by atoms with Crippen LogP contribution in [-0.4, -0.2) is 37.1 Å². The number of hydrogen-bond donors (Lipinski definition) is 2. The maximum Gasteiger partial charge on any atom is 0.323 e. The third-order valence-electron chi connectivity index (χ3n) is 4.08. The van der Waals surface area contributed by atoms with Crippen LogP contribution in [0.25, 0.3) is 10.9 Å². The second-order valence-electron chi connectivity index (χ2n) is 6.11. The molecular formula is C19H18N2O6S. The molecule has 0 saturated heterocycles. The number of ether oxygens (including phenoxy) is 1. The Hall–Kier alpha value is -3.33. The van der Waals surface area contributed by atoms with E-state index < -0.39 is 28.4 Å². The molecule has 1 aromatic heterocycles. The van der Waals surface area contributed by atoms with Crippen molar-refractivity contribution in [2.24, 2.45) is 0 Å². The van der Waals surface area contributed by atoms with E-state index in [-0.39, 0.29) is 11.4 Å². The van der Waals surface area contributed by atoms with E-state index in [1.807, 2.05) is 4.72 Å². The first-order valence-corrected chi connectivity index (χ1v) is 9.92. The van der Waals surface area contributed by atoms with Gasteiger partial charge >= 0.3 is 5.97 Å². The number of carboxylic acid groups (broad SMARTS) is 1. The summed E-state index contributed by atoms with van der Waals surface area (Å²) in [4.78, 5) is 23.9. The zero-order chi connectivity index (χ0) is 20.3.